The van der Waals surface area contributed by atoms with Gasteiger partial charge in [-0.1, -0.05) is 35.4 Å². The van der Waals surface area contributed by atoms with Crippen molar-refractivity contribution in [3.8, 4) is 0 Å². The third-order valence-electron chi connectivity index (χ3n) is 1.67. The number of alkyl halides is 1. The lowest BCUT2D eigenvalue weighted by atomic mass is 9.83. The van der Waals surface area contributed by atoms with Crippen LogP contribution in [0.3, 0.4) is 0 Å². The lowest BCUT2D eigenvalue weighted by Gasteiger charge is -2.07. The number of hydrogen-bond donors (Lipinski definition) is 0. The first kappa shape index (κ1) is 8.67. The summed E-state index contributed by atoms with van der Waals surface area (Å²) in [4.78, 5) is 0. The van der Waals surface area contributed by atoms with Gasteiger partial charge in [0, 0.05) is 5.88 Å². The quantitative estimate of drug-likeness (QED) is 0.465. The average molecular weight is 164 g/mol. The molecule has 1 atom stereocenters. The van der Waals surface area contributed by atoms with Gasteiger partial charge in [-0.2, -0.15) is 0 Å². The Bertz CT molecular complexity index is 218. The molecule has 1 rings (SSSR count). The van der Waals surface area contributed by atoms with Crippen LogP contribution >= 0.6 is 11.6 Å². The minimum absolute atomic E-state index is 0.0303. The van der Waals surface area contributed by atoms with Crippen molar-refractivity contribution in [1.29, 1.82) is 0 Å². The van der Waals surface area contributed by atoms with E-state index in [1.807, 2.05) is 24.3 Å². The van der Waals surface area contributed by atoms with Crippen molar-refractivity contribution in [3.05, 3.63) is 35.4 Å². The van der Waals surface area contributed by atoms with Gasteiger partial charge in [-0.05, 0) is 12.7 Å². The molecule has 0 fully saturated rings. The van der Waals surface area contributed by atoms with E-state index in [1.54, 1.807) is 0 Å². The highest BCUT2D eigenvalue weighted by atomic mass is 35.5. The van der Waals surface area contributed by atoms with Gasteiger partial charge in [0.1, 0.15) is 0 Å². The molecule has 0 spiro atoms. The van der Waals surface area contributed by atoms with E-state index in [0.717, 1.165) is 5.56 Å². The zero-order chi connectivity index (χ0) is 8.27. The molecular weight excluding hydrogens is 154 g/mol. The Balaban J connectivity index is 2.81. The highest BCUT2D eigenvalue weighted by Gasteiger charge is 2.01. The molecule has 11 heavy (non-hydrogen) atoms. The number of halogens is 1. The predicted octanol–water partition coefficient (Wildman–Crippen LogP) is 2.44. The van der Waals surface area contributed by atoms with Crippen molar-refractivity contribution in [1.82, 2.24) is 0 Å². The van der Waals surface area contributed by atoms with Gasteiger partial charge in [-0.15, -0.1) is 11.6 Å². The minimum atomic E-state index is -0.0303. The molecule has 1 unspecified atom stereocenters. The smallest absolute Gasteiger partial charge is 0.0779 e. The summed E-state index contributed by atoms with van der Waals surface area (Å²) in [6.45, 7) is 2.05. The summed E-state index contributed by atoms with van der Waals surface area (Å²) in [6, 6.07) is 8.12. The van der Waals surface area contributed by atoms with Crippen LogP contribution in [0.15, 0.2) is 24.3 Å². The van der Waals surface area contributed by atoms with E-state index >= 15 is 0 Å². The maximum absolute atomic E-state index is 5.71. The molecular formula is C9H10BCl. The maximum atomic E-state index is 5.71. The van der Waals surface area contributed by atoms with E-state index in [4.69, 9.17) is 19.4 Å². The largest absolute Gasteiger partial charge is 0.127 e. The molecule has 0 saturated heterocycles. The van der Waals surface area contributed by atoms with Crippen molar-refractivity contribution >= 4 is 19.4 Å². The molecule has 1 aromatic carbocycles. The molecule has 1 aromatic rings. The summed E-state index contributed by atoms with van der Waals surface area (Å²) >= 11 is 5.60. The average Bonchev–Trinajstić information content (AvgIpc) is 2.05. The van der Waals surface area contributed by atoms with Crippen LogP contribution in [0.4, 0.5) is 0 Å². The van der Waals surface area contributed by atoms with E-state index in [0.29, 0.717) is 5.88 Å². The van der Waals surface area contributed by atoms with Crippen LogP contribution in [-0.4, -0.2) is 13.7 Å². The Morgan fingerprint density at radius 3 is 2.36 bits per heavy atom. The third kappa shape index (κ3) is 2.26. The second kappa shape index (κ2) is 3.82. The number of benzene rings is 1. The fourth-order valence-electron chi connectivity index (χ4n) is 0.903. The van der Waals surface area contributed by atoms with Crippen LogP contribution in [-0.2, 0) is 0 Å². The number of aryl methyl sites for hydroxylation is 1. The van der Waals surface area contributed by atoms with Gasteiger partial charge in [-0.25, -0.2) is 0 Å². The van der Waals surface area contributed by atoms with E-state index in [9.17, 15) is 0 Å². The fourth-order valence-corrected chi connectivity index (χ4v) is 1.08. The molecule has 0 aliphatic rings. The zero-order valence-electron chi connectivity index (χ0n) is 6.55. The number of rotatable bonds is 2. The van der Waals surface area contributed by atoms with Crippen LogP contribution in [0.1, 0.15) is 16.9 Å². The third-order valence-corrected chi connectivity index (χ3v) is 2.00. The lowest BCUT2D eigenvalue weighted by Crippen LogP contribution is -1.98. The highest BCUT2D eigenvalue weighted by Crippen LogP contribution is 2.13. The second-order valence-electron chi connectivity index (χ2n) is 2.67. The molecule has 56 valence electrons. The SMILES string of the molecule is [B]C(CCl)c1ccc(C)cc1. The van der Waals surface area contributed by atoms with Gasteiger partial charge in [0.15, 0.2) is 0 Å². The van der Waals surface area contributed by atoms with Gasteiger partial charge in [-0.3, -0.25) is 0 Å². The molecule has 0 heterocycles. The molecule has 0 amide bonds. The molecule has 0 aromatic heterocycles. The van der Waals surface area contributed by atoms with E-state index in [2.05, 4.69) is 6.92 Å². The van der Waals surface area contributed by atoms with E-state index < -0.39 is 0 Å². The van der Waals surface area contributed by atoms with E-state index in [1.165, 1.54) is 5.56 Å². The van der Waals surface area contributed by atoms with Gasteiger partial charge < -0.3 is 0 Å². The Hall–Kier alpha value is -0.425. The zero-order valence-corrected chi connectivity index (χ0v) is 7.31. The Morgan fingerprint density at radius 2 is 1.91 bits per heavy atom. The lowest BCUT2D eigenvalue weighted by molar-refractivity contribution is 1.09. The van der Waals surface area contributed by atoms with Crippen molar-refractivity contribution in [2.24, 2.45) is 0 Å². The molecule has 0 saturated carbocycles. The molecule has 0 bridgehead atoms. The van der Waals surface area contributed by atoms with Crippen LogP contribution in [0.25, 0.3) is 0 Å². The second-order valence-corrected chi connectivity index (χ2v) is 2.98. The van der Waals surface area contributed by atoms with Crippen molar-refractivity contribution in [2.45, 2.75) is 12.7 Å². The highest BCUT2D eigenvalue weighted by molar-refractivity contribution is 6.24. The van der Waals surface area contributed by atoms with Gasteiger partial charge in [0.05, 0.1) is 7.85 Å². The van der Waals surface area contributed by atoms with Crippen molar-refractivity contribution in [3.63, 3.8) is 0 Å². The van der Waals surface area contributed by atoms with Crippen LogP contribution in [0.2, 0.25) is 0 Å². The standard InChI is InChI=1S/C9H10BCl/c1-7-2-4-8(5-3-7)9(10)6-11/h2-5,9H,6H2,1H3. The molecule has 2 radical (unpaired) electrons. The summed E-state index contributed by atoms with van der Waals surface area (Å²) in [7, 11) is 5.71. The summed E-state index contributed by atoms with van der Waals surface area (Å²) in [5.74, 6) is 0.445. The van der Waals surface area contributed by atoms with Crippen molar-refractivity contribution in [2.75, 3.05) is 5.88 Å². The monoisotopic (exact) mass is 164 g/mol. The first-order chi connectivity index (χ1) is 5.24. The van der Waals surface area contributed by atoms with Gasteiger partial charge in [0.2, 0.25) is 0 Å². The molecule has 0 N–H and O–H groups in total. The maximum Gasteiger partial charge on any atom is 0.0779 e. The predicted molar refractivity (Wildman–Crippen MR) is 50.4 cm³/mol. The summed E-state index contributed by atoms with van der Waals surface area (Å²) < 4.78 is 0. The van der Waals surface area contributed by atoms with E-state index in [-0.39, 0.29) is 5.82 Å². The first-order valence-corrected chi connectivity index (χ1v) is 4.15. The molecule has 0 aliphatic heterocycles. The Kier molecular flexibility index (Phi) is 3.01. The normalized spacial score (nSPS) is 12.9. The fraction of sp³-hybridized carbons (Fsp3) is 0.333. The van der Waals surface area contributed by atoms with Gasteiger partial charge >= 0.3 is 0 Å². The number of hydrogen-bond acceptors (Lipinski definition) is 0. The first-order valence-electron chi connectivity index (χ1n) is 3.62. The Labute approximate surface area is 74.0 Å². The molecule has 0 aliphatic carbocycles. The molecule has 2 heteroatoms. The van der Waals surface area contributed by atoms with Crippen LogP contribution < -0.4 is 0 Å². The topological polar surface area (TPSA) is 0 Å². The van der Waals surface area contributed by atoms with Crippen LogP contribution in [0.5, 0.6) is 0 Å². The van der Waals surface area contributed by atoms with Gasteiger partial charge in [0.25, 0.3) is 0 Å². The summed E-state index contributed by atoms with van der Waals surface area (Å²) in [5.41, 5.74) is 2.35. The summed E-state index contributed by atoms with van der Waals surface area (Å²) in [5, 5.41) is 0. The molecule has 0 nitrogen and oxygen atoms in total. The summed E-state index contributed by atoms with van der Waals surface area (Å²) in [6.07, 6.45) is 0. The van der Waals surface area contributed by atoms with Crippen molar-refractivity contribution < 1.29 is 0 Å². The minimum Gasteiger partial charge on any atom is -0.127 e. The Morgan fingerprint density at radius 1 is 1.36 bits per heavy atom. The van der Waals surface area contributed by atoms with Crippen LogP contribution in [0, 0.1) is 6.92 Å².